The molecule has 2 nitrogen and oxygen atoms in total. The normalized spacial score (nSPS) is 23.3. The largest absolute Gasteiger partial charge is 0.330 e. The van der Waals surface area contributed by atoms with Crippen LogP contribution >= 0.6 is 11.6 Å². The first-order chi connectivity index (χ1) is 9.11. The maximum Gasteiger partial charge on any atom is 0.142 e. The van der Waals surface area contributed by atoms with Gasteiger partial charge in [0.2, 0.25) is 0 Å². The Balaban J connectivity index is 1.96. The molecule has 0 heterocycles. The number of benzene rings is 1. The van der Waals surface area contributed by atoms with Crippen molar-refractivity contribution in [3.8, 4) is 0 Å². The van der Waals surface area contributed by atoms with Crippen LogP contribution in [0.2, 0.25) is 5.02 Å². The van der Waals surface area contributed by atoms with Crippen molar-refractivity contribution >= 4 is 17.4 Å². The standard InChI is InChI=1S/C15H19ClFNO/c16-15-12(2-1-3-13(15)17)8-14(19)11-6-4-10(9-18)5-7-11/h1-3,10-11H,4-9,18H2. The molecule has 1 aliphatic rings. The fourth-order valence-electron chi connectivity index (χ4n) is 2.74. The summed E-state index contributed by atoms with van der Waals surface area (Å²) in [6.45, 7) is 0.705. The zero-order valence-electron chi connectivity index (χ0n) is 10.9. The number of nitrogens with two attached hydrogens (primary N) is 1. The minimum absolute atomic E-state index is 0.0755. The molecule has 0 aliphatic heterocycles. The Morgan fingerprint density at radius 1 is 1.32 bits per heavy atom. The van der Waals surface area contributed by atoms with Gasteiger partial charge in [0.1, 0.15) is 11.6 Å². The van der Waals surface area contributed by atoms with Gasteiger partial charge in [-0.25, -0.2) is 4.39 Å². The molecule has 4 heteroatoms. The summed E-state index contributed by atoms with van der Waals surface area (Å²) >= 11 is 5.88. The van der Waals surface area contributed by atoms with E-state index >= 15 is 0 Å². The van der Waals surface area contributed by atoms with Crippen LogP contribution in [0.4, 0.5) is 4.39 Å². The summed E-state index contributed by atoms with van der Waals surface area (Å²) in [4.78, 5) is 12.2. The van der Waals surface area contributed by atoms with E-state index in [0.717, 1.165) is 25.7 Å². The van der Waals surface area contributed by atoms with Crippen molar-refractivity contribution < 1.29 is 9.18 Å². The highest BCUT2D eigenvalue weighted by Crippen LogP contribution is 2.30. The molecule has 1 aliphatic carbocycles. The number of Topliss-reactive ketones (excluding diaryl/α,β-unsaturated/α-hetero) is 1. The molecular formula is C15H19ClFNO. The first-order valence-electron chi connectivity index (χ1n) is 6.77. The molecule has 0 spiro atoms. The lowest BCUT2D eigenvalue weighted by Crippen LogP contribution is -2.26. The quantitative estimate of drug-likeness (QED) is 0.921. The molecule has 1 fully saturated rings. The average Bonchev–Trinajstić information content (AvgIpc) is 2.44. The zero-order chi connectivity index (χ0) is 13.8. The third kappa shape index (κ3) is 3.54. The summed E-state index contributed by atoms with van der Waals surface area (Å²) in [5.74, 6) is 0.353. The molecular weight excluding hydrogens is 265 g/mol. The summed E-state index contributed by atoms with van der Waals surface area (Å²) < 4.78 is 13.3. The molecule has 0 unspecified atom stereocenters. The van der Waals surface area contributed by atoms with Gasteiger partial charge in [-0.05, 0) is 49.8 Å². The molecule has 0 bridgehead atoms. The number of carbonyl (C=O) groups is 1. The highest BCUT2D eigenvalue weighted by Gasteiger charge is 2.26. The monoisotopic (exact) mass is 283 g/mol. The second-order valence-electron chi connectivity index (χ2n) is 5.31. The van der Waals surface area contributed by atoms with Crippen LogP contribution in [0.5, 0.6) is 0 Å². The van der Waals surface area contributed by atoms with Crippen LogP contribution in [0.15, 0.2) is 18.2 Å². The molecule has 1 saturated carbocycles. The number of carbonyl (C=O) groups excluding carboxylic acids is 1. The van der Waals surface area contributed by atoms with Crippen molar-refractivity contribution in [3.63, 3.8) is 0 Å². The molecule has 0 amide bonds. The Morgan fingerprint density at radius 3 is 2.63 bits per heavy atom. The van der Waals surface area contributed by atoms with E-state index < -0.39 is 5.82 Å². The zero-order valence-corrected chi connectivity index (χ0v) is 11.6. The van der Waals surface area contributed by atoms with E-state index in [9.17, 15) is 9.18 Å². The van der Waals surface area contributed by atoms with Gasteiger partial charge in [0.15, 0.2) is 0 Å². The summed E-state index contributed by atoms with van der Waals surface area (Å²) in [6.07, 6.45) is 4.06. The van der Waals surface area contributed by atoms with Crippen molar-refractivity contribution in [2.24, 2.45) is 17.6 Å². The van der Waals surface area contributed by atoms with Gasteiger partial charge >= 0.3 is 0 Å². The Hall–Kier alpha value is -0.930. The summed E-state index contributed by atoms with van der Waals surface area (Å²) in [5.41, 5.74) is 6.23. The van der Waals surface area contributed by atoms with Gasteiger partial charge in [-0.2, -0.15) is 0 Å². The van der Waals surface area contributed by atoms with E-state index in [-0.39, 0.29) is 23.1 Å². The van der Waals surface area contributed by atoms with E-state index in [4.69, 9.17) is 17.3 Å². The lowest BCUT2D eigenvalue weighted by Gasteiger charge is -2.26. The van der Waals surface area contributed by atoms with Gasteiger partial charge in [-0.1, -0.05) is 23.7 Å². The van der Waals surface area contributed by atoms with Gasteiger partial charge in [0, 0.05) is 12.3 Å². The second-order valence-corrected chi connectivity index (χ2v) is 5.69. The van der Waals surface area contributed by atoms with Gasteiger partial charge in [0.25, 0.3) is 0 Å². The molecule has 0 saturated heterocycles. The molecule has 19 heavy (non-hydrogen) atoms. The summed E-state index contributed by atoms with van der Waals surface area (Å²) in [7, 11) is 0. The van der Waals surface area contributed by atoms with Crippen LogP contribution in [-0.2, 0) is 11.2 Å². The van der Waals surface area contributed by atoms with E-state index in [2.05, 4.69) is 0 Å². The molecule has 104 valence electrons. The van der Waals surface area contributed by atoms with E-state index in [1.807, 2.05) is 0 Å². The van der Waals surface area contributed by atoms with Crippen LogP contribution in [0.3, 0.4) is 0 Å². The van der Waals surface area contributed by atoms with Crippen LogP contribution in [0, 0.1) is 17.7 Å². The minimum Gasteiger partial charge on any atom is -0.330 e. The number of hydrogen-bond donors (Lipinski definition) is 1. The Kier molecular flexibility index (Phi) is 4.94. The molecule has 2 N–H and O–H groups in total. The topological polar surface area (TPSA) is 43.1 Å². The van der Waals surface area contributed by atoms with E-state index in [0.29, 0.717) is 18.0 Å². The van der Waals surface area contributed by atoms with Crippen molar-refractivity contribution in [1.29, 1.82) is 0 Å². The van der Waals surface area contributed by atoms with Gasteiger partial charge < -0.3 is 5.73 Å². The highest BCUT2D eigenvalue weighted by molar-refractivity contribution is 6.31. The Morgan fingerprint density at radius 2 is 2.00 bits per heavy atom. The first kappa shape index (κ1) is 14.5. The van der Waals surface area contributed by atoms with E-state index in [1.165, 1.54) is 6.07 Å². The number of ketones is 1. The Labute approximate surface area is 118 Å². The molecule has 0 radical (unpaired) electrons. The van der Waals surface area contributed by atoms with Gasteiger partial charge in [-0.15, -0.1) is 0 Å². The SMILES string of the molecule is NCC1CCC(C(=O)Cc2cccc(F)c2Cl)CC1. The minimum atomic E-state index is -0.459. The first-order valence-corrected chi connectivity index (χ1v) is 7.15. The van der Waals surface area contributed by atoms with Gasteiger partial charge in [-0.3, -0.25) is 4.79 Å². The number of rotatable bonds is 4. The summed E-state index contributed by atoms with van der Waals surface area (Å²) in [5, 5.41) is 0.0755. The van der Waals surface area contributed by atoms with Crippen molar-refractivity contribution in [2.75, 3.05) is 6.54 Å². The lowest BCUT2D eigenvalue weighted by atomic mass is 9.79. The maximum absolute atomic E-state index is 13.3. The fraction of sp³-hybridized carbons (Fsp3) is 0.533. The fourth-order valence-corrected chi connectivity index (χ4v) is 2.93. The highest BCUT2D eigenvalue weighted by atomic mass is 35.5. The predicted octanol–water partition coefficient (Wildman–Crippen LogP) is 3.36. The number of halogens is 2. The van der Waals surface area contributed by atoms with Gasteiger partial charge in [0.05, 0.1) is 5.02 Å². The van der Waals surface area contributed by atoms with Crippen molar-refractivity contribution in [2.45, 2.75) is 32.1 Å². The molecule has 1 aromatic carbocycles. The average molecular weight is 284 g/mol. The maximum atomic E-state index is 13.3. The molecule has 0 atom stereocenters. The van der Waals surface area contributed by atoms with Crippen molar-refractivity contribution in [1.82, 2.24) is 0 Å². The van der Waals surface area contributed by atoms with Crippen LogP contribution in [-0.4, -0.2) is 12.3 Å². The second kappa shape index (κ2) is 6.49. The van der Waals surface area contributed by atoms with Crippen LogP contribution in [0.1, 0.15) is 31.2 Å². The molecule has 2 rings (SSSR count). The predicted molar refractivity (Wildman–Crippen MR) is 74.6 cm³/mol. The summed E-state index contributed by atoms with van der Waals surface area (Å²) in [6, 6.07) is 4.62. The smallest absolute Gasteiger partial charge is 0.142 e. The number of hydrogen-bond acceptors (Lipinski definition) is 2. The van der Waals surface area contributed by atoms with Crippen LogP contribution in [0.25, 0.3) is 0 Å². The third-order valence-corrected chi connectivity index (χ3v) is 4.45. The van der Waals surface area contributed by atoms with Crippen molar-refractivity contribution in [3.05, 3.63) is 34.6 Å². The van der Waals surface area contributed by atoms with Crippen LogP contribution < -0.4 is 5.73 Å². The lowest BCUT2D eigenvalue weighted by molar-refractivity contribution is -0.123. The van der Waals surface area contributed by atoms with E-state index in [1.54, 1.807) is 12.1 Å². The Bertz CT molecular complexity index is 455. The molecule has 0 aromatic heterocycles. The third-order valence-electron chi connectivity index (χ3n) is 4.03. The molecule has 1 aromatic rings.